The molecule has 0 aromatic carbocycles. The molecule has 2 amide bonds. The molecular formula is C16H30N2O3. The van der Waals surface area contributed by atoms with Crippen LogP contribution in [0.3, 0.4) is 0 Å². The molecule has 1 aliphatic carbocycles. The SMILES string of the molecule is O=C(NCCCOCC1CCCO1)NC1CCCCCC1. The van der Waals surface area contributed by atoms with Gasteiger partial charge in [-0.2, -0.15) is 0 Å². The predicted molar refractivity (Wildman–Crippen MR) is 82.4 cm³/mol. The Labute approximate surface area is 128 Å². The van der Waals surface area contributed by atoms with E-state index in [4.69, 9.17) is 9.47 Å². The van der Waals surface area contributed by atoms with Crippen LogP contribution in [0.2, 0.25) is 0 Å². The highest BCUT2D eigenvalue weighted by Gasteiger charge is 2.15. The molecule has 122 valence electrons. The Bertz CT molecular complexity index is 285. The minimum atomic E-state index is -0.0268. The summed E-state index contributed by atoms with van der Waals surface area (Å²) < 4.78 is 11.1. The molecule has 2 rings (SSSR count). The zero-order chi connectivity index (χ0) is 14.8. The van der Waals surface area contributed by atoms with Crippen molar-refractivity contribution < 1.29 is 14.3 Å². The first-order valence-corrected chi connectivity index (χ1v) is 8.58. The maximum atomic E-state index is 11.8. The Morgan fingerprint density at radius 2 is 1.90 bits per heavy atom. The van der Waals surface area contributed by atoms with Gasteiger partial charge in [0.25, 0.3) is 0 Å². The van der Waals surface area contributed by atoms with Crippen LogP contribution in [0.1, 0.15) is 57.8 Å². The summed E-state index contributed by atoms with van der Waals surface area (Å²) >= 11 is 0. The molecule has 1 unspecified atom stereocenters. The van der Waals surface area contributed by atoms with Gasteiger partial charge in [-0.15, -0.1) is 0 Å². The minimum absolute atomic E-state index is 0.0268. The van der Waals surface area contributed by atoms with Crippen molar-refractivity contribution >= 4 is 6.03 Å². The number of rotatable bonds is 7. The number of amides is 2. The van der Waals surface area contributed by atoms with E-state index in [-0.39, 0.29) is 12.1 Å². The normalized spacial score (nSPS) is 23.7. The Balaban J connectivity index is 1.43. The highest BCUT2D eigenvalue weighted by Crippen LogP contribution is 2.17. The van der Waals surface area contributed by atoms with E-state index in [1.165, 1.54) is 25.7 Å². The predicted octanol–water partition coefficient (Wildman–Crippen LogP) is 2.59. The summed E-state index contributed by atoms with van der Waals surface area (Å²) in [6, 6.07) is 0.337. The monoisotopic (exact) mass is 298 g/mol. The lowest BCUT2D eigenvalue weighted by atomic mass is 10.1. The topological polar surface area (TPSA) is 59.6 Å². The van der Waals surface area contributed by atoms with Crippen LogP contribution in [0.5, 0.6) is 0 Å². The molecule has 2 fully saturated rings. The van der Waals surface area contributed by atoms with Crippen molar-refractivity contribution in [1.82, 2.24) is 10.6 Å². The van der Waals surface area contributed by atoms with Crippen molar-refractivity contribution in [3.05, 3.63) is 0 Å². The van der Waals surface area contributed by atoms with Crippen molar-refractivity contribution in [3.8, 4) is 0 Å². The molecule has 1 saturated heterocycles. The number of nitrogens with one attached hydrogen (secondary N) is 2. The third kappa shape index (κ3) is 7.14. The van der Waals surface area contributed by atoms with Gasteiger partial charge in [0.15, 0.2) is 0 Å². The van der Waals surface area contributed by atoms with Gasteiger partial charge in [-0.25, -0.2) is 4.79 Å². The van der Waals surface area contributed by atoms with Gasteiger partial charge in [0, 0.05) is 25.8 Å². The van der Waals surface area contributed by atoms with E-state index in [1.807, 2.05) is 0 Å². The molecule has 5 nitrogen and oxygen atoms in total. The molecule has 0 spiro atoms. The quantitative estimate of drug-likeness (QED) is 0.561. The van der Waals surface area contributed by atoms with Gasteiger partial charge in [0.2, 0.25) is 0 Å². The van der Waals surface area contributed by atoms with Crippen molar-refractivity contribution in [2.45, 2.75) is 69.9 Å². The van der Waals surface area contributed by atoms with Crippen LogP contribution in [0.15, 0.2) is 0 Å². The molecule has 1 saturated carbocycles. The van der Waals surface area contributed by atoms with Gasteiger partial charge >= 0.3 is 6.03 Å². The maximum Gasteiger partial charge on any atom is 0.315 e. The zero-order valence-electron chi connectivity index (χ0n) is 13.1. The summed E-state index contributed by atoms with van der Waals surface area (Å²) in [4.78, 5) is 11.8. The van der Waals surface area contributed by atoms with Gasteiger partial charge in [0.05, 0.1) is 12.7 Å². The van der Waals surface area contributed by atoms with E-state index < -0.39 is 0 Å². The summed E-state index contributed by atoms with van der Waals surface area (Å²) in [5, 5.41) is 6.00. The number of hydrogen-bond donors (Lipinski definition) is 2. The number of urea groups is 1. The standard InChI is InChI=1S/C16H30N2O3/c19-16(18-14-7-3-1-2-4-8-14)17-10-6-11-20-13-15-9-5-12-21-15/h14-15H,1-13H2,(H2,17,18,19). The molecule has 2 N–H and O–H groups in total. The number of carbonyl (C=O) groups is 1. The first kappa shape index (κ1) is 16.6. The van der Waals surface area contributed by atoms with E-state index in [0.29, 0.717) is 25.8 Å². The first-order chi connectivity index (χ1) is 10.3. The van der Waals surface area contributed by atoms with E-state index in [1.54, 1.807) is 0 Å². The van der Waals surface area contributed by atoms with E-state index in [2.05, 4.69) is 10.6 Å². The van der Waals surface area contributed by atoms with E-state index in [0.717, 1.165) is 38.7 Å². The van der Waals surface area contributed by atoms with E-state index in [9.17, 15) is 4.79 Å². The molecule has 1 heterocycles. The summed E-state index contributed by atoms with van der Waals surface area (Å²) in [6.07, 6.45) is 10.7. The number of hydrogen-bond acceptors (Lipinski definition) is 3. The smallest absolute Gasteiger partial charge is 0.315 e. The van der Waals surface area contributed by atoms with Gasteiger partial charge < -0.3 is 20.1 Å². The second-order valence-corrected chi connectivity index (χ2v) is 6.15. The summed E-state index contributed by atoms with van der Waals surface area (Å²) in [5.41, 5.74) is 0. The third-order valence-corrected chi connectivity index (χ3v) is 4.27. The van der Waals surface area contributed by atoms with Crippen molar-refractivity contribution in [3.63, 3.8) is 0 Å². The van der Waals surface area contributed by atoms with Crippen LogP contribution in [0.25, 0.3) is 0 Å². The fraction of sp³-hybridized carbons (Fsp3) is 0.938. The van der Waals surface area contributed by atoms with Gasteiger partial charge in [-0.1, -0.05) is 25.7 Å². The van der Waals surface area contributed by atoms with Crippen LogP contribution in [0.4, 0.5) is 4.79 Å². The van der Waals surface area contributed by atoms with Crippen LogP contribution in [0, 0.1) is 0 Å². The maximum absolute atomic E-state index is 11.8. The Morgan fingerprint density at radius 3 is 2.62 bits per heavy atom. The Kier molecular flexibility index (Phi) is 7.89. The number of carbonyl (C=O) groups excluding carboxylic acids is 1. The van der Waals surface area contributed by atoms with E-state index >= 15 is 0 Å². The molecule has 0 bridgehead atoms. The van der Waals surface area contributed by atoms with Crippen molar-refractivity contribution in [2.75, 3.05) is 26.4 Å². The van der Waals surface area contributed by atoms with Crippen LogP contribution < -0.4 is 10.6 Å². The van der Waals surface area contributed by atoms with Gasteiger partial charge in [-0.05, 0) is 32.1 Å². The molecule has 0 aromatic rings. The lowest BCUT2D eigenvalue weighted by Gasteiger charge is -2.16. The molecule has 1 atom stereocenters. The van der Waals surface area contributed by atoms with Crippen LogP contribution >= 0.6 is 0 Å². The average molecular weight is 298 g/mol. The van der Waals surface area contributed by atoms with Crippen molar-refractivity contribution in [1.29, 1.82) is 0 Å². The molecule has 1 aliphatic heterocycles. The number of ether oxygens (including phenoxy) is 2. The zero-order valence-corrected chi connectivity index (χ0v) is 13.1. The second kappa shape index (κ2) is 10.0. The summed E-state index contributed by atoms with van der Waals surface area (Å²) in [5.74, 6) is 0. The van der Waals surface area contributed by atoms with Crippen LogP contribution in [-0.2, 0) is 9.47 Å². The fourth-order valence-electron chi connectivity index (χ4n) is 3.03. The second-order valence-electron chi connectivity index (χ2n) is 6.15. The summed E-state index contributed by atoms with van der Waals surface area (Å²) in [7, 11) is 0. The molecule has 5 heteroatoms. The highest BCUT2D eigenvalue weighted by atomic mass is 16.5. The largest absolute Gasteiger partial charge is 0.379 e. The molecule has 21 heavy (non-hydrogen) atoms. The van der Waals surface area contributed by atoms with Gasteiger partial charge in [-0.3, -0.25) is 0 Å². The molecule has 0 aromatic heterocycles. The molecule has 0 radical (unpaired) electrons. The lowest BCUT2D eigenvalue weighted by Crippen LogP contribution is -2.42. The highest BCUT2D eigenvalue weighted by molar-refractivity contribution is 5.74. The Morgan fingerprint density at radius 1 is 1.10 bits per heavy atom. The third-order valence-electron chi connectivity index (χ3n) is 4.27. The van der Waals surface area contributed by atoms with Crippen LogP contribution in [-0.4, -0.2) is 44.5 Å². The molecule has 2 aliphatic rings. The average Bonchev–Trinajstić information content (AvgIpc) is 2.87. The lowest BCUT2D eigenvalue weighted by molar-refractivity contribution is 0.0168. The Hall–Kier alpha value is -0.810. The minimum Gasteiger partial charge on any atom is -0.379 e. The van der Waals surface area contributed by atoms with Crippen molar-refractivity contribution in [2.24, 2.45) is 0 Å². The molecular weight excluding hydrogens is 268 g/mol. The van der Waals surface area contributed by atoms with Gasteiger partial charge in [0.1, 0.15) is 0 Å². The first-order valence-electron chi connectivity index (χ1n) is 8.58. The fourth-order valence-corrected chi connectivity index (χ4v) is 3.03. The summed E-state index contributed by atoms with van der Waals surface area (Å²) in [6.45, 7) is 2.92.